The molecule has 3 N–H and O–H groups in total. The standard InChI is InChI=1S/C12H14N2O6/c1-6-4-14(11(18)13-9(6)17)10-7-8(16)12(5-15,20-10)2-3-19-7/h2-4,7-8,10,15-16H,5H2,1H3,(H,13,17,18)/t7?,8-,10+,12+/m0/s1. The first-order chi connectivity index (χ1) is 9.48. The van der Waals surface area contributed by atoms with Crippen molar-refractivity contribution in [1.29, 1.82) is 0 Å². The van der Waals surface area contributed by atoms with Crippen molar-refractivity contribution in [2.45, 2.75) is 31.0 Å². The molecule has 3 rings (SSSR count). The molecular formula is C12H14N2O6. The molecule has 3 heterocycles. The summed E-state index contributed by atoms with van der Waals surface area (Å²) in [5, 5.41) is 19.6. The molecule has 8 nitrogen and oxygen atoms in total. The van der Waals surface area contributed by atoms with E-state index in [1.807, 2.05) is 0 Å². The number of nitrogens with one attached hydrogen (secondary N) is 1. The number of H-pyrrole nitrogens is 1. The van der Waals surface area contributed by atoms with Crippen molar-refractivity contribution < 1.29 is 19.7 Å². The van der Waals surface area contributed by atoms with Gasteiger partial charge in [0, 0.05) is 11.8 Å². The Hall–Kier alpha value is -1.90. The van der Waals surface area contributed by atoms with Crippen molar-refractivity contribution in [2.75, 3.05) is 6.61 Å². The number of aromatic amines is 1. The van der Waals surface area contributed by atoms with Crippen LogP contribution in [0.1, 0.15) is 11.8 Å². The predicted molar refractivity (Wildman–Crippen MR) is 66.0 cm³/mol. The summed E-state index contributed by atoms with van der Waals surface area (Å²) >= 11 is 0. The second-order valence-electron chi connectivity index (χ2n) is 4.95. The Morgan fingerprint density at radius 2 is 2.25 bits per heavy atom. The van der Waals surface area contributed by atoms with Crippen LogP contribution in [0.2, 0.25) is 0 Å². The van der Waals surface area contributed by atoms with Gasteiger partial charge in [0.25, 0.3) is 5.56 Å². The largest absolute Gasteiger partial charge is 0.491 e. The zero-order chi connectivity index (χ0) is 14.5. The van der Waals surface area contributed by atoms with Gasteiger partial charge in [-0.2, -0.15) is 0 Å². The molecule has 108 valence electrons. The van der Waals surface area contributed by atoms with Crippen LogP contribution < -0.4 is 11.2 Å². The van der Waals surface area contributed by atoms with Crippen LogP contribution in [0.3, 0.4) is 0 Å². The van der Waals surface area contributed by atoms with Crippen LogP contribution in [-0.2, 0) is 9.47 Å². The molecular weight excluding hydrogens is 268 g/mol. The number of aliphatic hydroxyl groups is 2. The maximum atomic E-state index is 11.9. The molecule has 1 aromatic heterocycles. The van der Waals surface area contributed by atoms with Crippen LogP contribution in [0.25, 0.3) is 0 Å². The minimum absolute atomic E-state index is 0.329. The fraction of sp³-hybridized carbons (Fsp3) is 0.500. The van der Waals surface area contributed by atoms with Gasteiger partial charge in [0.1, 0.15) is 11.7 Å². The first-order valence-corrected chi connectivity index (χ1v) is 6.10. The fourth-order valence-corrected chi connectivity index (χ4v) is 2.49. The van der Waals surface area contributed by atoms with Gasteiger partial charge in [-0.1, -0.05) is 0 Å². The zero-order valence-corrected chi connectivity index (χ0v) is 10.6. The van der Waals surface area contributed by atoms with Gasteiger partial charge in [0.15, 0.2) is 12.3 Å². The van der Waals surface area contributed by atoms with Crippen LogP contribution in [0.5, 0.6) is 0 Å². The summed E-state index contributed by atoms with van der Waals surface area (Å²) in [7, 11) is 0. The number of aryl methyl sites for hydroxylation is 1. The van der Waals surface area contributed by atoms with Gasteiger partial charge >= 0.3 is 5.69 Å². The molecule has 0 spiro atoms. The SMILES string of the molecule is Cc1cn([C@@H]2O[C@@]3(CO)C=COC2[C@@H]3O)c(=O)[nH]c1=O. The number of fused-ring (bicyclic) bond motifs is 2. The first-order valence-electron chi connectivity index (χ1n) is 6.10. The van der Waals surface area contributed by atoms with Crippen molar-refractivity contribution in [2.24, 2.45) is 0 Å². The zero-order valence-electron chi connectivity index (χ0n) is 10.6. The molecule has 4 atom stereocenters. The molecule has 2 aliphatic heterocycles. The van der Waals surface area contributed by atoms with E-state index in [9.17, 15) is 19.8 Å². The average molecular weight is 282 g/mol. The highest BCUT2D eigenvalue weighted by atomic mass is 16.6. The second kappa shape index (κ2) is 4.30. The third-order valence-electron chi connectivity index (χ3n) is 3.69. The molecule has 20 heavy (non-hydrogen) atoms. The molecule has 0 aliphatic carbocycles. The highest BCUT2D eigenvalue weighted by Crippen LogP contribution is 2.41. The highest BCUT2D eigenvalue weighted by molar-refractivity contribution is 5.16. The van der Waals surface area contributed by atoms with E-state index < -0.39 is 41.9 Å². The number of hydrogen-bond donors (Lipinski definition) is 3. The third-order valence-corrected chi connectivity index (χ3v) is 3.69. The Kier molecular flexibility index (Phi) is 2.82. The molecule has 1 fully saturated rings. The van der Waals surface area contributed by atoms with E-state index in [2.05, 4.69) is 4.98 Å². The minimum Gasteiger partial charge on any atom is -0.491 e. The lowest BCUT2D eigenvalue weighted by Gasteiger charge is -2.29. The molecule has 8 heteroatoms. The van der Waals surface area contributed by atoms with Crippen LogP contribution in [0, 0.1) is 6.92 Å². The quantitative estimate of drug-likeness (QED) is 0.600. The van der Waals surface area contributed by atoms with Crippen molar-refractivity contribution in [3.05, 3.63) is 44.9 Å². The maximum Gasteiger partial charge on any atom is 0.330 e. The number of aromatic nitrogens is 2. The van der Waals surface area contributed by atoms with Gasteiger partial charge in [-0.05, 0) is 13.0 Å². The second-order valence-corrected chi connectivity index (χ2v) is 4.95. The van der Waals surface area contributed by atoms with Crippen molar-refractivity contribution >= 4 is 0 Å². The lowest BCUT2D eigenvalue weighted by atomic mass is 9.94. The van der Waals surface area contributed by atoms with Gasteiger partial charge in [0.2, 0.25) is 0 Å². The van der Waals surface area contributed by atoms with E-state index in [-0.39, 0.29) is 0 Å². The molecule has 2 aliphatic rings. The Morgan fingerprint density at radius 3 is 2.90 bits per heavy atom. The van der Waals surface area contributed by atoms with E-state index in [0.29, 0.717) is 5.56 Å². The summed E-state index contributed by atoms with van der Waals surface area (Å²) in [6.07, 6.45) is 1.20. The number of ether oxygens (including phenoxy) is 2. The minimum atomic E-state index is -1.29. The van der Waals surface area contributed by atoms with Crippen LogP contribution in [0.15, 0.2) is 28.1 Å². The van der Waals surface area contributed by atoms with Gasteiger partial charge < -0.3 is 19.7 Å². The van der Waals surface area contributed by atoms with Crippen LogP contribution in [0.4, 0.5) is 0 Å². The molecule has 0 aromatic carbocycles. The van der Waals surface area contributed by atoms with Gasteiger partial charge in [-0.3, -0.25) is 14.3 Å². The number of hydrogen-bond acceptors (Lipinski definition) is 6. The summed E-state index contributed by atoms with van der Waals surface area (Å²) in [4.78, 5) is 25.4. The highest BCUT2D eigenvalue weighted by Gasteiger charge is 2.57. The molecule has 1 unspecified atom stereocenters. The van der Waals surface area contributed by atoms with Crippen LogP contribution in [-0.4, -0.2) is 44.2 Å². The van der Waals surface area contributed by atoms with Gasteiger partial charge in [0.05, 0.1) is 12.9 Å². The smallest absolute Gasteiger partial charge is 0.330 e. The molecule has 0 radical (unpaired) electrons. The lowest BCUT2D eigenvalue weighted by molar-refractivity contribution is -0.0972. The summed E-state index contributed by atoms with van der Waals surface area (Å²) in [5.74, 6) is 0. The Bertz CT molecular complexity index is 677. The molecule has 1 aromatic rings. The number of rotatable bonds is 2. The predicted octanol–water partition coefficient (Wildman–Crippen LogP) is -1.62. The first kappa shape index (κ1) is 13.1. The Morgan fingerprint density at radius 1 is 1.50 bits per heavy atom. The summed E-state index contributed by atoms with van der Waals surface area (Å²) in [6.45, 7) is 1.10. The molecule has 1 saturated heterocycles. The number of nitrogens with zero attached hydrogens (tertiary/aromatic N) is 1. The van der Waals surface area contributed by atoms with Gasteiger partial charge in [-0.25, -0.2) is 4.79 Å². The third kappa shape index (κ3) is 1.65. The van der Waals surface area contributed by atoms with Crippen molar-refractivity contribution in [3.8, 4) is 0 Å². The lowest BCUT2D eigenvalue weighted by Crippen LogP contribution is -2.47. The molecule has 2 bridgehead atoms. The average Bonchev–Trinajstić information content (AvgIpc) is 2.60. The Balaban J connectivity index is 2.08. The van der Waals surface area contributed by atoms with E-state index in [1.165, 1.54) is 18.5 Å². The van der Waals surface area contributed by atoms with Gasteiger partial charge in [-0.15, -0.1) is 0 Å². The number of aliphatic hydroxyl groups excluding tert-OH is 2. The summed E-state index contributed by atoms with van der Waals surface area (Å²) in [6, 6.07) is 0. The normalized spacial score (nSPS) is 35.0. The van der Waals surface area contributed by atoms with Crippen molar-refractivity contribution in [1.82, 2.24) is 9.55 Å². The van der Waals surface area contributed by atoms with E-state index in [4.69, 9.17) is 9.47 Å². The fourth-order valence-electron chi connectivity index (χ4n) is 2.49. The van der Waals surface area contributed by atoms with Crippen molar-refractivity contribution in [3.63, 3.8) is 0 Å². The molecule has 0 saturated carbocycles. The summed E-state index contributed by atoms with van der Waals surface area (Å²) < 4.78 is 12.1. The molecule has 0 amide bonds. The van der Waals surface area contributed by atoms with E-state index >= 15 is 0 Å². The van der Waals surface area contributed by atoms with E-state index in [1.54, 1.807) is 6.92 Å². The van der Waals surface area contributed by atoms with E-state index in [0.717, 1.165) is 4.57 Å². The maximum absolute atomic E-state index is 11.9. The van der Waals surface area contributed by atoms with Crippen LogP contribution >= 0.6 is 0 Å². The topological polar surface area (TPSA) is 114 Å². The monoisotopic (exact) mass is 282 g/mol. The summed E-state index contributed by atoms with van der Waals surface area (Å²) in [5.41, 5.74) is -2.11. The Labute approximate surface area is 112 Å².